The van der Waals surface area contributed by atoms with Crippen LogP contribution in [0.3, 0.4) is 0 Å². The summed E-state index contributed by atoms with van der Waals surface area (Å²) in [5, 5.41) is 13.6. The molecular weight excluding hydrogens is 331 g/mol. The number of halogens is 2. The van der Waals surface area contributed by atoms with E-state index in [1.54, 1.807) is 19.2 Å². The molecule has 0 radical (unpaired) electrons. The number of rotatable bonds is 7. The molecule has 21 heavy (non-hydrogen) atoms. The van der Waals surface area contributed by atoms with E-state index in [1.807, 2.05) is 6.07 Å². The molecule has 1 N–H and O–H groups in total. The fraction of sp³-hybridized carbons (Fsp3) is 0.500. The maximum absolute atomic E-state index is 9.16. The lowest BCUT2D eigenvalue weighted by molar-refractivity contribution is -0.00000523. The van der Waals surface area contributed by atoms with Gasteiger partial charge in [0.25, 0.3) is 0 Å². The van der Waals surface area contributed by atoms with Crippen molar-refractivity contribution in [3.63, 3.8) is 0 Å². The summed E-state index contributed by atoms with van der Waals surface area (Å²) in [5.41, 5.74) is 0.794. The van der Waals surface area contributed by atoms with Crippen molar-refractivity contribution in [3.8, 4) is 5.75 Å². The van der Waals surface area contributed by atoms with Crippen LogP contribution in [0.2, 0.25) is 5.02 Å². The van der Waals surface area contributed by atoms with Crippen molar-refractivity contribution in [1.82, 2.24) is 4.90 Å². The lowest BCUT2D eigenvalue weighted by Crippen LogP contribution is -3.00. The Kier molecular flexibility index (Phi) is 10.7. The number of ether oxygens (including phenoxy) is 1. The predicted molar refractivity (Wildman–Crippen MR) is 86.6 cm³/mol. The predicted octanol–water partition coefficient (Wildman–Crippen LogP) is 0.563. The zero-order valence-corrected chi connectivity index (χ0v) is 14.8. The first-order valence-corrected chi connectivity index (χ1v) is 7.93. The van der Waals surface area contributed by atoms with E-state index < -0.39 is 0 Å². The SMILES string of the molecule is CCN(CC)CCS/C(=N/O)c1ccc(OC)c(Cl)c1.[Cl-]. The zero-order valence-electron chi connectivity index (χ0n) is 12.5. The lowest BCUT2D eigenvalue weighted by atomic mass is 10.2. The fourth-order valence-corrected chi connectivity index (χ4v) is 2.93. The molecule has 1 rings (SSSR count). The minimum absolute atomic E-state index is 0. The molecule has 0 bridgehead atoms. The molecule has 0 amide bonds. The first-order valence-electron chi connectivity index (χ1n) is 6.57. The average Bonchev–Trinajstić information content (AvgIpc) is 2.47. The molecule has 0 saturated carbocycles. The normalized spacial score (nSPS) is 11.4. The van der Waals surface area contributed by atoms with Gasteiger partial charge in [0.2, 0.25) is 0 Å². The van der Waals surface area contributed by atoms with Gasteiger partial charge in [0, 0.05) is 17.9 Å². The van der Waals surface area contributed by atoms with E-state index in [9.17, 15) is 0 Å². The van der Waals surface area contributed by atoms with Crippen LogP contribution in [-0.2, 0) is 0 Å². The topological polar surface area (TPSA) is 45.1 Å². The Morgan fingerprint density at radius 2 is 2.05 bits per heavy atom. The maximum Gasteiger partial charge on any atom is 0.143 e. The van der Waals surface area contributed by atoms with E-state index >= 15 is 0 Å². The molecule has 7 heteroatoms. The lowest BCUT2D eigenvalue weighted by Gasteiger charge is -2.17. The van der Waals surface area contributed by atoms with Crippen LogP contribution in [0.4, 0.5) is 0 Å². The summed E-state index contributed by atoms with van der Waals surface area (Å²) in [6, 6.07) is 5.36. The Bertz CT molecular complexity index is 455. The molecule has 0 fully saturated rings. The van der Waals surface area contributed by atoms with Crippen molar-refractivity contribution in [2.75, 3.05) is 32.5 Å². The Balaban J connectivity index is 0.00000400. The third-order valence-electron chi connectivity index (χ3n) is 3.03. The molecule has 0 aromatic heterocycles. The van der Waals surface area contributed by atoms with Gasteiger partial charge in [0.1, 0.15) is 10.8 Å². The highest BCUT2D eigenvalue weighted by atomic mass is 35.5. The Morgan fingerprint density at radius 3 is 2.52 bits per heavy atom. The van der Waals surface area contributed by atoms with Gasteiger partial charge in [-0.1, -0.05) is 30.6 Å². The van der Waals surface area contributed by atoms with Gasteiger partial charge >= 0.3 is 0 Å². The highest BCUT2D eigenvalue weighted by molar-refractivity contribution is 8.14. The highest BCUT2D eigenvalue weighted by Gasteiger charge is 2.09. The number of nitrogens with zero attached hydrogens (tertiary/aromatic N) is 2. The molecule has 120 valence electrons. The van der Waals surface area contributed by atoms with Crippen LogP contribution in [0.5, 0.6) is 5.75 Å². The number of thioether (sulfide) groups is 1. The van der Waals surface area contributed by atoms with Crippen LogP contribution in [0.1, 0.15) is 19.4 Å². The van der Waals surface area contributed by atoms with Crippen molar-refractivity contribution in [2.24, 2.45) is 5.16 Å². The largest absolute Gasteiger partial charge is 1.00 e. The average molecular weight is 352 g/mol. The van der Waals surface area contributed by atoms with Crippen molar-refractivity contribution < 1.29 is 22.4 Å². The van der Waals surface area contributed by atoms with E-state index in [0.717, 1.165) is 31.0 Å². The Labute approximate surface area is 141 Å². The number of oxime groups is 1. The minimum atomic E-state index is 0. The third kappa shape index (κ3) is 6.34. The molecule has 0 aliphatic rings. The summed E-state index contributed by atoms with van der Waals surface area (Å²) in [4.78, 5) is 2.32. The summed E-state index contributed by atoms with van der Waals surface area (Å²) in [7, 11) is 1.57. The second-order valence-corrected chi connectivity index (χ2v) is 5.62. The molecule has 0 spiro atoms. The van der Waals surface area contributed by atoms with Crippen molar-refractivity contribution >= 4 is 28.4 Å². The van der Waals surface area contributed by atoms with Gasteiger partial charge < -0.3 is 27.3 Å². The summed E-state index contributed by atoms with van der Waals surface area (Å²) in [6.07, 6.45) is 0. The van der Waals surface area contributed by atoms with Crippen molar-refractivity contribution in [3.05, 3.63) is 28.8 Å². The third-order valence-corrected chi connectivity index (χ3v) is 4.30. The molecule has 0 aliphatic heterocycles. The van der Waals surface area contributed by atoms with Crippen LogP contribution < -0.4 is 17.1 Å². The minimum Gasteiger partial charge on any atom is -1.00 e. The molecule has 0 heterocycles. The maximum atomic E-state index is 9.16. The molecule has 1 aromatic rings. The zero-order chi connectivity index (χ0) is 15.0. The van der Waals surface area contributed by atoms with Crippen molar-refractivity contribution in [2.45, 2.75) is 13.8 Å². The molecule has 0 atom stereocenters. The molecule has 0 saturated heterocycles. The fourth-order valence-electron chi connectivity index (χ4n) is 1.78. The monoisotopic (exact) mass is 351 g/mol. The summed E-state index contributed by atoms with van der Waals surface area (Å²) < 4.78 is 5.11. The van der Waals surface area contributed by atoms with Gasteiger partial charge in [-0.25, -0.2) is 0 Å². The van der Waals surface area contributed by atoms with Crippen molar-refractivity contribution in [1.29, 1.82) is 0 Å². The first kappa shape index (κ1) is 20.4. The van der Waals surface area contributed by atoms with E-state index in [0.29, 0.717) is 15.8 Å². The standard InChI is InChI=1S/C14H21ClN2O2S.ClH/c1-4-17(5-2)8-9-20-14(16-18)11-6-7-13(19-3)12(15)10-11;/h6-7,10,18H,4-5,8-9H2,1-3H3;1H/p-1/b16-14+;. The van der Waals surface area contributed by atoms with E-state index in [2.05, 4.69) is 23.9 Å². The summed E-state index contributed by atoms with van der Waals surface area (Å²) in [6.45, 7) is 7.28. The molecule has 1 aromatic carbocycles. The van der Waals surface area contributed by atoms with E-state index in [1.165, 1.54) is 11.8 Å². The number of benzene rings is 1. The van der Waals surface area contributed by atoms with Gasteiger partial charge in [-0.3, -0.25) is 0 Å². The van der Waals surface area contributed by atoms with Crippen LogP contribution in [-0.4, -0.2) is 47.6 Å². The number of hydrogen-bond donors (Lipinski definition) is 1. The van der Waals surface area contributed by atoms with Gasteiger partial charge in [0.15, 0.2) is 0 Å². The Morgan fingerprint density at radius 1 is 1.38 bits per heavy atom. The molecule has 4 nitrogen and oxygen atoms in total. The highest BCUT2D eigenvalue weighted by Crippen LogP contribution is 2.27. The first-order chi connectivity index (χ1) is 9.65. The summed E-state index contributed by atoms with van der Waals surface area (Å²) in [5.74, 6) is 1.48. The van der Waals surface area contributed by atoms with Crippen LogP contribution in [0, 0.1) is 0 Å². The van der Waals surface area contributed by atoms with Gasteiger partial charge in [-0.2, -0.15) is 0 Å². The molecule has 0 aliphatic carbocycles. The van der Waals surface area contributed by atoms with Crippen LogP contribution in [0.15, 0.2) is 23.4 Å². The van der Waals surface area contributed by atoms with Crippen LogP contribution >= 0.6 is 23.4 Å². The van der Waals surface area contributed by atoms with Gasteiger partial charge in [-0.15, -0.1) is 11.8 Å². The number of hydrogen-bond acceptors (Lipinski definition) is 5. The van der Waals surface area contributed by atoms with Gasteiger partial charge in [-0.05, 0) is 31.3 Å². The number of methoxy groups -OCH3 is 1. The van der Waals surface area contributed by atoms with Crippen LogP contribution in [0.25, 0.3) is 0 Å². The second kappa shape index (κ2) is 11.0. The molecule has 0 unspecified atom stereocenters. The molecular formula is C14H21Cl2N2O2S-. The van der Waals surface area contributed by atoms with Gasteiger partial charge in [0.05, 0.1) is 12.1 Å². The Hall–Kier alpha value is -0.620. The second-order valence-electron chi connectivity index (χ2n) is 4.13. The summed E-state index contributed by atoms with van der Waals surface area (Å²) >= 11 is 7.60. The smallest absolute Gasteiger partial charge is 0.143 e. The van der Waals surface area contributed by atoms with E-state index in [4.69, 9.17) is 21.5 Å². The van der Waals surface area contributed by atoms with E-state index in [-0.39, 0.29) is 12.4 Å². The quantitative estimate of drug-likeness (QED) is 0.337.